The number of rotatable bonds is 8. The van der Waals surface area contributed by atoms with Gasteiger partial charge in [0, 0.05) is 32.7 Å². The lowest BCUT2D eigenvalue weighted by atomic mass is 9.85. The van der Waals surface area contributed by atoms with E-state index in [-0.39, 0.29) is 50.1 Å². The molecule has 3 fully saturated rings. The number of anilines is 3. The molecule has 2 aromatic heterocycles. The Morgan fingerprint density at radius 3 is 2.39 bits per heavy atom. The van der Waals surface area contributed by atoms with E-state index < -0.39 is 12.1 Å². The molecule has 3 heterocycles. The van der Waals surface area contributed by atoms with E-state index in [9.17, 15) is 22.8 Å². The van der Waals surface area contributed by atoms with Crippen molar-refractivity contribution in [2.24, 2.45) is 24.8 Å². The third kappa shape index (κ3) is 6.81. The van der Waals surface area contributed by atoms with Crippen molar-refractivity contribution in [1.29, 1.82) is 0 Å². The highest BCUT2D eigenvalue weighted by atomic mass is 35.5. The minimum absolute atomic E-state index is 0.00919. The van der Waals surface area contributed by atoms with Crippen LogP contribution >= 0.6 is 34.5 Å². The van der Waals surface area contributed by atoms with E-state index >= 15 is 0 Å². The summed E-state index contributed by atoms with van der Waals surface area (Å²) in [7, 11) is 1.85. The number of aromatic nitrogens is 3. The third-order valence-corrected chi connectivity index (χ3v) is 11.9. The number of nitrogens with zero attached hydrogens (tertiary/aromatic N) is 4. The first kappa shape index (κ1) is 33.9. The van der Waals surface area contributed by atoms with Crippen LogP contribution in [0.5, 0.6) is 0 Å². The first-order chi connectivity index (χ1) is 23.3. The molecule has 2 unspecified atom stereocenters. The van der Waals surface area contributed by atoms with Gasteiger partial charge in [-0.25, -0.2) is 9.97 Å². The average molecular weight is 735 g/mol. The standard InChI is InChI=1S/C34H36Cl2F3N7O2S/c1-16-30(49-17(2)41-16)32(48)40-13-18-4-9-24(35)29(28(18)36)44-33-43-25-11-23(31(47)42-22-7-5-21(6-8-22)34(37,38)39)26(12-27(25)45(33)3)46-14-19-10-20(19)15-46/h4,9,11-12,19-22H,5-8,10,13-15H2,1-3H3,(H,40,48)(H,42,47)(H,43,44). The molecular weight excluding hydrogens is 698 g/mol. The first-order valence-electron chi connectivity index (χ1n) is 16.4. The number of halogens is 5. The Balaban J connectivity index is 1.14. The molecule has 1 saturated heterocycles. The summed E-state index contributed by atoms with van der Waals surface area (Å²) in [6, 6.07) is 6.85. The molecule has 260 valence electrons. The van der Waals surface area contributed by atoms with Gasteiger partial charge in [0.1, 0.15) is 4.88 Å². The number of aryl methyl sites for hydroxylation is 3. The van der Waals surface area contributed by atoms with Gasteiger partial charge in [-0.15, -0.1) is 11.3 Å². The lowest BCUT2D eigenvalue weighted by molar-refractivity contribution is -0.182. The van der Waals surface area contributed by atoms with Crippen LogP contribution in [0.25, 0.3) is 11.0 Å². The maximum absolute atomic E-state index is 13.8. The number of thiazole rings is 1. The zero-order valence-corrected chi connectivity index (χ0v) is 29.5. The predicted molar refractivity (Wildman–Crippen MR) is 186 cm³/mol. The predicted octanol–water partition coefficient (Wildman–Crippen LogP) is 7.93. The first-order valence-corrected chi connectivity index (χ1v) is 17.9. The van der Waals surface area contributed by atoms with Crippen molar-refractivity contribution in [2.45, 2.75) is 64.7 Å². The van der Waals surface area contributed by atoms with Gasteiger partial charge < -0.3 is 25.4 Å². The number of piperidine rings is 1. The van der Waals surface area contributed by atoms with Crippen LogP contribution in [-0.2, 0) is 13.6 Å². The second kappa shape index (κ2) is 13.0. The van der Waals surface area contributed by atoms with Gasteiger partial charge in [-0.3, -0.25) is 9.59 Å². The van der Waals surface area contributed by atoms with Crippen molar-refractivity contribution < 1.29 is 22.8 Å². The second-order valence-corrected chi connectivity index (χ2v) is 15.4. The zero-order valence-electron chi connectivity index (χ0n) is 27.2. The molecule has 3 N–H and O–H groups in total. The number of hydrogen-bond donors (Lipinski definition) is 3. The summed E-state index contributed by atoms with van der Waals surface area (Å²) in [5.74, 6) is -0.193. The number of hydrogen-bond acceptors (Lipinski definition) is 7. The molecule has 2 atom stereocenters. The zero-order chi connectivity index (χ0) is 34.8. The van der Waals surface area contributed by atoms with Crippen LogP contribution in [0.15, 0.2) is 24.3 Å². The van der Waals surface area contributed by atoms with Crippen LogP contribution in [0.3, 0.4) is 0 Å². The summed E-state index contributed by atoms with van der Waals surface area (Å²) in [4.78, 5) is 38.5. The van der Waals surface area contributed by atoms with Crippen LogP contribution in [0.2, 0.25) is 10.0 Å². The van der Waals surface area contributed by atoms with Gasteiger partial charge in [-0.2, -0.15) is 13.2 Å². The summed E-state index contributed by atoms with van der Waals surface area (Å²) in [6.45, 7) is 5.52. The van der Waals surface area contributed by atoms with Gasteiger partial charge in [-0.05, 0) is 81.5 Å². The minimum Gasteiger partial charge on any atom is -0.370 e. The van der Waals surface area contributed by atoms with Gasteiger partial charge >= 0.3 is 6.18 Å². The van der Waals surface area contributed by atoms with E-state index in [0.29, 0.717) is 60.7 Å². The van der Waals surface area contributed by atoms with Crippen molar-refractivity contribution in [1.82, 2.24) is 25.2 Å². The smallest absolute Gasteiger partial charge is 0.370 e. The number of nitrogens with one attached hydrogen (secondary N) is 3. The topological polar surface area (TPSA) is 104 Å². The minimum atomic E-state index is -4.21. The number of benzene rings is 2. The maximum atomic E-state index is 13.8. The highest BCUT2D eigenvalue weighted by Crippen LogP contribution is 2.47. The van der Waals surface area contributed by atoms with E-state index in [1.165, 1.54) is 17.8 Å². The van der Waals surface area contributed by atoms with E-state index in [2.05, 4.69) is 25.8 Å². The summed E-state index contributed by atoms with van der Waals surface area (Å²) < 4.78 is 41.6. The van der Waals surface area contributed by atoms with Crippen molar-refractivity contribution in [3.8, 4) is 0 Å². The van der Waals surface area contributed by atoms with Crippen LogP contribution in [0.1, 0.15) is 68.4 Å². The van der Waals surface area contributed by atoms with E-state index in [1.807, 2.05) is 24.6 Å². The largest absolute Gasteiger partial charge is 0.391 e. The quantitative estimate of drug-likeness (QED) is 0.170. The van der Waals surface area contributed by atoms with E-state index in [4.69, 9.17) is 28.2 Å². The van der Waals surface area contributed by atoms with Crippen molar-refractivity contribution in [3.63, 3.8) is 0 Å². The number of fused-ring (bicyclic) bond motifs is 2. The second-order valence-electron chi connectivity index (χ2n) is 13.4. The Kier molecular flexibility index (Phi) is 8.98. The maximum Gasteiger partial charge on any atom is 0.391 e. The molecule has 4 aromatic rings. The summed E-state index contributed by atoms with van der Waals surface area (Å²) in [5, 5.41) is 10.7. The fraction of sp³-hybridized carbons (Fsp3) is 0.471. The molecule has 2 amide bonds. The molecule has 49 heavy (non-hydrogen) atoms. The van der Waals surface area contributed by atoms with Gasteiger partial charge in [0.2, 0.25) is 5.95 Å². The normalized spacial score (nSPS) is 21.9. The Hall–Kier alpha value is -3.55. The van der Waals surface area contributed by atoms with Crippen LogP contribution < -0.4 is 20.9 Å². The number of imidazole rings is 1. The molecule has 0 bridgehead atoms. The number of carbonyl (C=O) groups is 2. The van der Waals surface area contributed by atoms with Crippen molar-refractivity contribution in [3.05, 3.63) is 61.0 Å². The third-order valence-electron chi connectivity index (χ3n) is 10.0. The number of alkyl halides is 3. The molecule has 9 nitrogen and oxygen atoms in total. The van der Waals surface area contributed by atoms with Crippen LogP contribution in [0.4, 0.5) is 30.5 Å². The highest BCUT2D eigenvalue weighted by Gasteiger charge is 2.46. The Morgan fingerprint density at radius 2 is 1.73 bits per heavy atom. The summed E-state index contributed by atoms with van der Waals surface area (Å²) in [6.07, 6.45) is -2.43. The Morgan fingerprint density at radius 1 is 1.02 bits per heavy atom. The lowest BCUT2D eigenvalue weighted by Gasteiger charge is -2.31. The monoisotopic (exact) mass is 733 g/mol. The van der Waals surface area contributed by atoms with Crippen molar-refractivity contribution in [2.75, 3.05) is 23.3 Å². The Labute approximate surface area is 295 Å². The Bertz CT molecular complexity index is 1940. The molecule has 0 spiro atoms. The number of carbonyl (C=O) groups excluding carboxylic acids is 2. The fourth-order valence-electron chi connectivity index (χ4n) is 7.16. The van der Waals surface area contributed by atoms with E-state index in [1.54, 1.807) is 25.1 Å². The fourth-order valence-corrected chi connectivity index (χ4v) is 8.53. The molecule has 3 aliphatic rings. The van der Waals surface area contributed by atoms with E-state index in [0.717, 1.165) is 29.3 Å². The molecule has 2 aliphatic carbocycles. The SMILES string of the molecule is Cc1nc(C)c(C(=O)NCc2ccc(Cl)c(Nc3nc4cc(C(=O)NC5CCC(C(F)(F)F)CC5)c(N5CC6CC6C5)cc4n3C)c2Cl)s1. The molecule has 15 heteroatoms. The van der Waals surface area contributed by atoms with Gasteiger partial charge in [0.15, 0.2) is 0 Å². The molecule has 0 radical (unpaired) electrons. The molecule has 2 saturated carbocycles. The molecule has 1 aliphatic heterocycles. The molecule has 7 rings (SSSR count). The lowest BCUT2D eigenvalue weighted by Crippen LogP contribution is -2.40. The molecular formula is C34H36Cl2F3N7O2S. The highest BCUT2D eigenvalue weighted by molar-refractivity contribution is 7.13. The van der Waals surface area contributed by atoms with Gasteiger partial charge in [0.05, 0.1) is 54.6 Å². The summed E-state index contributed by atoms with van der Waals surface area (Å²) >= 11 is 14.8. The number of amides is 2. The van der Waals surface area contributed by atoms with Crippen molar-refractivity contribution >= 4 is 74.7 Å². The average Bonchev–Trinajstić information content (AvgIpc) is 3.33. The van der Waals surface area contributed by atoms with Gasteiger partial charge in [-0.1, -0.05) is 29.3 Å². The van der Waals surface area contributed by atoms with Gasteiger partial charge in [0.25, 0.3) is 11.8 Å². The molecule has 2 aromatic carbocycles. The summed E-state index contributed by atoms with van der Waals surface area (Å²) in [5.41, 5.74) is 4.33. The van der Waals surface area contributed by atoms with Crippen LogP contribution in [0, 0.1) is 31.6 Å². The van der Waals surface area contributed by atoms with Crippen LogP contribution in [-0.4, -0.2) is 51.7 Å².